The summed E-state index contributed by atoms with van der Waals surface area (Å²) < 4.78 is 10.3. The number of aromatic amines is 1. The van der Waals surface area contributed by atoms with Gasteiger partial charge in [0.2, 0.25) is 5.89 Å². The van der Waals surface area contributed by atoms with Gasteiger partial charge in [-0.15, -0.1) is 5.10 Å². The molecule has 1 aliphatic rings. The fourth-order valence-corrected chi connectivity index (χ4v) is 1.88. The molecule has 2 N–H and O–H groups in total. The van der Waals surface area contributed by atoms with Crippen molar-refractivity contribution in [3.8, 4) is 0 Å². The van der Waals surface area contributed by atoms with Crippen molar-refractivity contribution in [3.63, 3.8) is 0 Å². The van der Waals surface area contributed by atoms with E-state index in [4.69, 9.17) is 14.0 Å². The first-order chi connectivity index (χ1) is 9.80. The maximum Gasteiger partial charge on any atom is 0.434 e. The van der Waals surface area contributed by atoms with E-state index in [1.165, 1.54) is 12.0 Å². The van der Waals surface area contributed by atoms with Gasteiger partial charge in [0.1, 0.15) is 11.6 Å². The normalized spacial score (nSPS) is 18.6. The van der Waals surface area contributed by atoms with Crippen LogP contribution in [0.3, 0.4) is 0 Å². The second-order valence-electron chi connectivity index (χ2n) is 5.50. The number of hydrogen-bond donors (Lipinski definition) is 2. The zero-order valence-corrected chi connectivity index (χ0v) is 12.3. The summed E-state index contributed by atoms with van der Waals surface area (Å²) in [5, 5.41) is 5.92. The first-order valence-electron chi connectivity index (χ1n) is 6.35. The first-order valence-corrected chi connectivity index (χ1v) is 6.35. The van der Waals surface area contributed by atoms with Crippen LogP contribution in [0.25, 0.3) is 0 Å². The minimum atomic E-state index is -0.685. The lowest BCUT2D eigenvalue weighted by atomic mass is 10.2. The highest BCUT2D eigenvalue weighted by Gasteiger charge is 2.36. The average Bonchev–Trinajstić information content (AvgIpc) is 2.93. The minimum Gasteiger partial charge on any atom is -0.444 e. The fraction of sp³-hybridized carbons (Fsp3) is 0.583. The van der Waals surface area contributed by atoms with E-state index in [1.54, 1.807) is 26.8 Å². The summed E-state index contributed by atoms with van der Waals surface area (Å²) in [5.41, 5.74) is 2.66. The fourth-order valence-electron chi connectivity index (χ4n) is 1.88. The molecule has 2 rings (SSSR count). The Labute approximate surface area is 120 Å². The SMILES string of the molecule is CONC1=C[C@@H](c2n[nH]c(=O)o2)N(C(=O)OC(C)(C)C)C1. The molecule has 116 valence electrons. The van der Waals surface area contributed by atoms with Gasteiger partial charge in [-0.25, -0.2) is 14.7 Å². The predicted molar refractivity (Wildman–Crippen MR) is 71.0 cm³/mol. The predicted octanol–water partition coefficient (Wildman–Crippen LogP) is 0.690. The largest absolute Gasteiger partial charge is 0.444 e. The van der Waals surface area contributed by atoms with Crippen molar-refractivity contribution in [1.29, 1.82) is 0 Å². The molecule has 21 heavy (non-hydrogen) atoms. The molecule has 0 bridgehead atoms. The van der Waals surface area contributed by atoms with E-state index in [2.05, 4.69) is 15.7 Å². The zero-order chi connectivity index (χ0) is 15.6. The van der Waals surface area contributed by atoms with E-state index in [9.17, 15) is 9.59 Å². The number of amides is 1. The van der Waals surface area contributed by atoms with Gasteiger partial charge in [-0.1, -0.05) is 0 Å². The van der Waals surface area contributed by atoms with E-state index in [0.717, 1.165) is 0 Å². The molecule has 1 aliphatic heterocycles. The van der Waals surface area contributed by atoms with Gasteiger partial charge in [0.05, 0.1) is 19.4 Å². The van der Waals surface area contributed by atoms with E-state index in [0.29, 0.717) is 5.70 Å². The summed E-state index contributed by atoms with van der Waals surface area (Å²) in [5.74, 6) is -0.602. The third kappa shape index (κ3) is 3.63. The van der Waals surface area contributed by atoms with Gasteiger partial charge < -0.3 is 9.15 Å². The molecule has 0 unspecified atom stereocenters. The van der Waals surface area contributed by atoms with Gasteiger partial charge in [-0.3, -0.25) is 15.2 Å². The molecule has 9 heteroatoms. The summed E-state index contributed by atoms with van der Waals surface area (Å²) in [7, 11) is 1.46. The zero-order valence-electron chi connectivity index (χ0n) is 12.3. The molecule has 0 aromatic carbocycles. The lowest BCUT2D eigenvalue weighted by molar-refractivity contribution is 0.0207. The summed E-state index contributed by atoms with van der Waals surface area (Å²) in [6.07, 6.45) is 1.13. The molecule has 0 saturated heterocycles. The molecule has 9 nitrogen and oxygen atoms in total. The molecule has 1 aromatic rings. The lowest BCUT2D eigenvalue weighted by Crippen LogP contribution is -2.38. The van der Waals surface area contributed by atoms with Crippen LogP contribution in [0.1, 0.15) is 32.7 Å². The Bertz CT molecular complexity index is 597. The number of nitrogens with zero attached hydrogens (tertiary/aromatic N) is 2. The van der Waals surface area contributed by atoms with Crippen LogP contribution in [0.5, 0.6) is 0 Å². The quantitative estimate of drug-likeness (QED) is 0.790. The van der Waals surface area contributed by atoms with Gasteiger partial charge in [0, 0.05) is 0 Å². The molecule has 0 fully saturated rings. The van der Waals surface area contributed by atoms with Crippen LogP contribution in [0.4, 0.5) is 4.79 Å². The van der Waals surface area contributed by atoms with E-state index in [1.807, 2.05) is 0 Å². The Morgan fingerprint density at radius 2 is 2.29 bits per heavy atom. The number of aromatic nitrogens is 2. The van der Waals surface area contributed by atoms with Crippen molar-refractivity contribution in [2.24, 2.45) is 0 Å². The van der Waals surface area contributed by atoms with Gasteiger partial charge in [-0.2, -0.15) is 0 Å². The third-order valence-corrected chi connectivity index (χ3v) is 2.60. The average molecular weight is 298 g/mol. The van der Waals surface area contributed by atoms with E-state index < -0.39 is 23.5 Å². The number of carbonyl (C=O) groups is 1. The van der Waals surface area contributed by atoms with Crippen LogP contribution in [0, 0.1) is 0 Å². The van der Waals surface area contributed by atoms with E-state index >= 15 is 0 Å². The Balaban J connectivity index is 2.23. The summed E-state index contributed by atoms with van der Waals surface area (Å²) in [6, 6.07) is -0.642. The number of carbonyl (C=O) groups excluding carboxylic acids is 1. The van der Waals surface area contributed by atoms with Crippen LogP contribution in [0.2, 0.25) is 0 Å². The van der Waals surface area contributed by atoms with Gasteiger partial charge in [-0.05, 0) is 26.8 Å². The van der Waals surface area contributed by atoms with Crippen molar-refractivity contribution in [2.45, 2.75) is 32.4 Å². The number of nitrogens with one attached hydrogen (secondary N) is 2. The minimum absolute atomic E-state index is 0.0822. The molecule has 0 spiro atoms. The van der Waals surface area contributed by atoms with Crippen LogP contribution in [-0.2, 0) is 9.57 Å². The molecular weight excluding hydrogens is 280 g/mol. The molecular formula is C12H18N4O5. The van der Waals surface area contributed by atoms with Gasteiger partial charge in [0.25, 0.3) is 0 Å². The number of hydroxylamine groups is 1. The number of hydrogen-bond acceptors (Lipinski definition) is 7. The van der Waals surface area contributed by atoms with Crippen LogP contribution in [0.15, 0.2) is 21.0 Å². The molecule has 0 saturated carbocycles. The van der Waals surface area contributed by atoms with Crippen LogP contribution < -0.4 is 11.2 Å². The standard InChI is InChI=1S/C12H18N4O5/c1-12(2,3)21-11(18)16-6-7(15-19-4)5-8(16)9-13-14-10(17)20-9/h5,8,15H,6H2,1-4H3,(H,14,17)/t8-/m0/s1. The second kappa shape index (κ2) is 5.60. The van der Waals surface area contributed by atoms with Gasteiger partial charge >= 0.3 is 11.8 Å². The smallest absolute Gasteiger partial charge is 0.434 e. The Kier molecular flexibility index (Phi) is 4.03. The Morgan fingerprint density at radius 3 is 2.81 bits per heavy atom. The van der Waals surface area contributed by atoms with Crippen molar-refractivity contribution >= 4 is 6.09 Å². The number of H-pyrrole nitrogens is 1. The summed E-state index contributed by atoms with van der Waals surface area (Å²) in [4.78, 5) is 29.5. The highest BCUT2D eigenvalue weighted by Crippen LogP contribution is 2.29. The topological polar surface area (TPSA) is 110 Å². The molecule has 1 atom stereocenters. The number of rotatable bonds is 3. The van der Waals surface area contributed by atoms with Gasteiger partial charge in [0.15, 0.2) is 0 Å². The highest BCUT2D eigenvalue weighted by atomic mass is 16.6. The highest BCUT2D eigenvalue weighted by molar-refractivity contribution is 5.70. The third-order valence-electron chi connectivity index (χ3n) is 2.60. The molecule has 2 heterocycles. The summed E-state index contributed by atoms with van der Waals surface area (Å²) >= 11 is 0. The maximum absolute atomic E-state index is 12.2. The molecule has 0 radical (unpaired) electrons. The van der Waals surface area contributed by atoms with Crippen LogP contribution in [-0.4, -0.2) is 40.4 Å². The van der Waals surface area contributed by atoms with Crippen molar-refractivity contribution in [2.75, 3.05) is 13.7 Å². The molecule has 1 amide bonds. The second-order valence-corrected chi connectivity index (χ2v) is 5.50. The lowest BCUT2D eigenvalue weighted by Gasteiger charge is -2.27. The summed E-state index contributed by atoms with van der Waals surface area (Å²) in [6.45, 7) is 5.54. The molecule has 1 aromatic heterocycles. The molecule has 0 aliphatic carbocycles. The maximum atomic E-state index is 12.2. The van der Waals surface area contributed by atoms with Crippen molar-refractivity contribution < 1.29 is 18.8 Å². The van der Waals surface area contributed by atoms with Crippen LogP contribution >= 0.6 is 0 Å². The Hall–Kier alpha value is -2.29. The van der Waals surface area contributed by atoms with Crippen molar-refractivity contribution in [1.82, 2.24) is 20.6 Å². The Morgan fingerprint density at radius 1 is 1.57 bits per heavy atom. The monoisotopic (exact) mass is 298 g/mol. The first kappa shape index (κ1) is 15.1. The van der Waals surface area contributed by atoms with E-state index in [-0.39, 0.29) is 12.4 Å². The number of ether oxygens (including phenoxy) is 1. The van der Waals surface area contributed by atoms with Crippen molar-refractivity contribution in [3.05, 3.63) is 28.2 Å².